The summed E-state index contributed by atoms with van der Waals surface area (Å²) in [7, 11) is 0. The smallest absolute Gasteiger partial charge is 0.230 e. The number of halogens is 2. The van der Waals surface area contributed by atoms with Gasteiger partial charge in [0.2, 0.25) is 5.91 Å². The maximum absolute atomic E-state index is 11.9. The zero-order valence-electron chi connectivity index (χ0n) is 10.9. The van der Waals surface area contributed by atoms with Crippen LogP contribution in [0.5, 0.6) is 0 Å². The molecule has 2 N–H and O–H groups in total. The molecule has 0 unspecified atom stereocenters. The number of carbonyl (C=O) groups excluding carboxylic acids is 1. The van der Waals surface area contributed by atoms with Crippen molar-refractivity contribution in [1.29, 1.82) is 0 Å². The predicted octanol–water partition coefficient (Wildman–Crippen LogP) is 4.05. The quantitative estimate of drug-likeness (QED) is 0.829. The van der Waals surface area contributed by atoms with E-state index in [2.05, 4.69) is 10.6 Å². The molecule has 0 aliphatic carbocycles. The Balaban J connectivity index is 1.85. The van der Waals surface area contributed by atoms with Crippen molar-refractivity contribution < 1.29 is 4.79 Å². The van der Waals surface area contributed by atoms with Gasteiger partial charge in [0, 0.05) is 15.7 Å². The van der Waals surface area contributed by atoms with Crippen molar-refractivity contribution in [3.63, 3.8) is 0 Å². The first kappa shape index (κ1) is 15.8. The highest BCUT2D eigenvalue weighted by Gasteiger charge is 2.06. The van der Waals surface area contributed by atoms with Crippen molar-refractivity contribution in [3.05, 3.63) is 64.1 Å². The second-order valence-corrected chi connectivity index (χ2v) is 5.59. The third kappa shape index (κ3) is 5.34. The van der Waals surface area contributed by atoms with Crippen LogP contribution in [0.2, 0.25) is 10.0 Å². The molecule has 2 aromatic rings. The molecule has 0 aliphatic heterocycles. The highest BCUT2D eigenvalue weighted by molar-refractivity contribution is 7.80. The summed E-state index contributed by atoms with van der Waals surface area (Å²) in [6.45, 7) is 0. The van der Waals surface area contributed by atoms with Crippen LogP contribution in [0.15, 0.2) is 48.5 Å². The van der Waals surface area contributed by atoms with Crippen LogP contribution >= 0.6 is 35.4 Å². The molecule has 108 valence electrons. The first-order valence-electron chi connectivity index (χ1n) is 6.14. The monoisotopic (exact) mass is 338 g/mol. The molecule has 0 fully saturated rings. The number of nitrogens with one attached hydrogen (secondary N) is 2. The standard InChI is InChI=1S/C15H12Cl2N2OS/c16-11-3-1-10(2-4-11)9-14(20)19-15(21)18-13-7-5-12(17)6-8-13/h1-8H,9H2,(H2,18,19,20,21). The Bertz CT molecular complexity index is 584. The van der Waals surface area contributed by atoms with Crippen LogP contribution in [0.1, 0.15) is 5.56 Å². The number of hydrogen-bond acceptors (Lipinski definition) is 2. The van der Waals surface area contributed by atoms with Gasteiger partial charge in [-0.15, -0.1) is 0 Å². The fourth-order valence-corrected chi connectivity index (χ4v) is 2.14. The maximum atomic E-state index is 11.9. The fourth-order valence-electron chi connectivity index (χ4n) is 1.65. The van der Waals surface area contributed by atoms with Crippen molar-refractivity contribution in [2.24, 2.45) is 0 Å². The molecule has 2 rings (SSSR count). The summed E-state index contributed by atoms with van der Waals surface area (Å²) in [5.74, 6) is -0.191. The molecule has 1 amide bonds. The molecule has 6 heteroatoms. The van der Waals surface area contributed by atoms with Gasteiger partial charge in [-0.05, 0) is 54.2 Å². The summed E-state index contributed by atoms with van der Waals surface area (Å²) in [5.41, 5.74) is 1.63. The molecule has 0 aliphatic rings. The summed E-state index contributed by atoms with van der Waals surface area (Å²) in [4.78, 5) is 11.9. The molecule has 2 aromatic carbocycles. The van der Waals surface area contributed by atoms with E-state index >= 15 is 0 Å². The zero-order valence-corrected chi connectivity index (χ0v) is 13.2. The van der Waals surface area contributed by atoms with Crippen LogP contribution in [0, 0.1) is 0 Å². The van der Waals surface area contributed by atoms with Gasteiger partial charge in [0.05, 0.1) is 6.42 Å². The molecule has 0 atom stereocenters. The van der Waals surface area contributed by atoms with Crippen molar-refractivity contribution in [2.45, 2.75) is 6.42 Å². The van der Waals surface area contributed by atoms with Gasteiger partial charge in [-0.2, -0.15) is 0 Å². The minimum absolute atomic E-state index is 0.191. The van der Waals surface area contributed by atoms with Crippen molar-refractivity contribution in [3.8, 4) is 0 Å². The van der Waals surface area contributed by atoms with Crippen molar-refractivity contribution in [1.82, 2.24) is 5.32 Å². The average Bonchev–Trinajstić information content (AvgIpc) is 2.44. The van der Waals surface area contributed by atoms with Crippen LogP contribution in [0.3, 0.4) is 0 Å². The van der Waals surface area contributed by atoms with E-state index in [1.54, 1.807) is 48.5 Å². The Hall–Kier alpha value is -1.62. The van der Waals surface area contributed by atoms with Crippen LogP contribution in [-0.4, -0.2) is 11.0 Å². The lowest BCUT2D eigenvalue weighted by Gasteiger charge is -2.09. The summed E-state index contributed by atoms with van der Waals surface area (Å²) in [6, 6.07) is 14.1. The molecule has 3 nitrogen and oxygen atoms in total. The number of benzene rings is 2. The van der Waals surface area contributed by atoms with E-state index in [0.717, 1.165) is 11.3 Å². The maximum Gasteiger partial charge on any atom is 0.230 e. The number of thiocarbonyl (C=S) groups is 1. The van der Waals surface area contributed by atoms with E-state index in [0.29, 0.717) is 10.0 Å². The van der Waals surface area contributed by atoms with Gasteiger partial charge in [0.15, 0.2) is 5.11 Å². The van der Waals surface area contributed by atoms with Gasteiger partial charge in [-0.25, -0.2) is 0 Å². The first-order chi connectivity index (χ1) is 10.0. The summed E-state index contributed by atoms with van der Waals surface area (Å²) < 4.78 is 0. The Morgan fingerprint density at radius 3 is 2.05 bits per heavy atom. The van der Waals surface area contributed by atoms with Crippen molar-refractivity contribution >= 4 is 52.1 Å². The topological polar surface area (TPSA) is 41.1 Å². The number of anilines is 1. The lowest BCUT2D eigenvalue weighted by molar-refractivity contribution is -0.119. The minimum atomic E-state index is -0.191. The fraction of sp³-hybridized carbons (Fsp3) is 0.0667. The molecule has 0 saturated heterocycles. The van der Waals surface area contributed by atoms with Crippen LogP contribution in [-0.2, 0) is 11.2 Å². The Morgan fingerprint density at radius 2 is 1.48 bits per heavy atom. The number of carbonyl (C=O) groups is 1. The largest absolute Gasteiger partial charge is 0.332 e. The molecule has 0 heterocycles. The molecular weight excluding hydrogens is 327 g/mol. The van der Waals surface area contributed by atoms with E-state index in [9.17, 15) is 4.79 Å². The summed E-state index contributed by atoms with van der Waals surface area (Å²) >= 11 is 16.7. The lowest BCUT2D eigenvalue weighted by atomic mass is 10.1. The Kier molecular flexibility index (Phi) is 5.56. The van der Waals surface area contributed by atoms with Gasteiger partial charge >= 0.3 is 0 Å². The average molecular weight is 339 g/mol. The van der Waals surface area contributed by atoms with E-state index in [1.165, 1.54) is 0 Å². The van der Waals surface area contributed by atoms with Crippen LogP contribution in [0.25, 0.3) is 0 Å². The lowest BCUT2D eigenvalue weighted by Crippen LogP contribution is -2.35. The zero-order chi connectivity index (χ0) is 15.2. The molecule has 0 radical (unpaired) electrons. The van der Waals surface area contributed by atoms with Gasteiger partial charge in [0.1, 0.15) is 0 Å². The second kappa shape index (κ2) is 7.41. The van der Waals surface area contributed by atoms with E-state index in [-0.39, 0.29) is 17.4 Å². The summed E-state index contributed by atoms with van der Waals surface area (Å²) in [5, 5.41) is 7.06. The number of rotatable bonds is 3. The van der Waals surface area contributed by atoms with Crippen LogP contribution < -0.4 is 10.6 Å². The number of amides is 1. The normalized spacial score (nSPS) is 10.0. The number of hydrogen-bond donors (Lipinski definition) is 2. The molecule has 0 bridgehead atoms. The van der Waals surface area contributed by atoms with E-state index in [4.69, 9.17) is 35.4 Å². The highest BCUT2D eigenvalue weighted by Crippen LogP contribution is 2.13. The van der Waals surface area contributed by atoms with Gasteiger partial charge in [-0.3, -0.25) is 4.79 Å². The third-order valence-corrected chi connectivity index (χ3v) is 3.34. The van der Waals surface area contributed by atoms with Gasteiger partial charge in [0.25, 0.3) is 0 Å². The molecule has 0 spiro atoms. The Labute approximate surface area is 138 Å². The van der Waals surface area contributed by atoms with Crippen molar-refractivity contribution in [2.75, 3.05) is 5.32 Å². The molecular formula is C15H12Cl2N2OS. The second-order valence-electron chi connectivity index (χ2n) is 4.31. The first-order valence-corrected chi connectivity index (χ1v) is 7.30. The molecule has 0 aromatic heterocycles. The van der Waals surface area contributed by atoms with E-state index < -0.39 is 0 Å². The predicted molar refractivity (Wildman–Crippen MR) is 91.0 cm³/mol. The summed E-state index contributed by atoms with van der Waals surface area (Å²) in [6.07, 6.45) is 0.236. The SMILES string of the molecule is O=C(Cc1ccc(Cl)cc1)NC(=S)Nc1ccc(Cl)cc1. The van der Waals surface area contributed by atoms with E-state index in [1.807, 2.05) is 0 Å². The van der Waals surface area contributed by atoms with Gasteiger partial charge in [-0.1, -0.05) is 35.3 Å². The third-order valence-electron chi connectivity index (χ3n) is 2.63. The Morgan fingerprint density at radius 1 is 0.952 bits per heavy atom. The minimum Gasteiger partial charge on any atom is -0.332 e. The highest BCUT2D eigenvalue weighted by atomic mass is 35.5. The van der Waals surface area contributed by atoms with Crippen LogP contribution in [0.4, 0.5) is 5.69 Å². The molecule has 21 heavy (non-hydrogen) atoms. The van der Waals surface area contributed by atoms with Gasteiger partial charge < -0.3 is 10.6 Å². The molecule has 0 saturated carbocycles.